The van der Waals surface area contributed by atoms with Crippen molar-refractivity contribution in [3.05, 3.63) is 18.3 Å². The molecule has 1 saturated heterocycles. The number of hydrogen-bond acceptors (Lipinski definition) is 5. The molecule has 0 aromatic carbocycles. The maximum Gasteiger partial charge on any atom is 0.241 e. The fourth-order valence-corrected chi connectivity index (χ4v) is 2.78. The summed E-state index contributed by atoms with van der Waals surface area (Å²) >= 11 is 0. The molecule has 2 rings (SSSR count). The summed E-state index contributed by atoms with van der Waals surface area (Å²) in [4.78, 5) is 6.65. The summed E-state index contributed by atoms with van der Waals surface area (Å²) in [6.07, 6.45) is 3.53. The van der Waals surface area contributed by atoms with Crippen LogP contribution in [0.2, 0.25) is 0 Å². The SMILES string of the molecule is CNS(=O)(=O)c1ccc(NC2CCN(C)CC2)nc1. The van der Waals surface area contributed by atoms with Gasteiger partial charge in [-0.05, 0) is 52.2 Å². The quantitative estimate of drug-likeness (QED) is 0.842. The number of pyridine rings is 1. The Hall–Kier alpha value is -1.18. The Bertz CT molecular complexity index is 507. The average molecular weight is 284 g/mol. The summed E-state index contributed by atoms with van der Waals surface area (Å²) in [5, 5.41) is 3.35. The Labute approximate surface area is 114 Å². The van der Waals surface area contributed by atoms with Gasteiger partial charge in [-0.15, -0.1) is 0 Å². The highest BCUT2D eigenvalue weighted by molar-refractivity contribution is 7.89. The monoisotopic (exact) mass is 284 g/mol. The van der Waals surface area contributed by atoms with E-state index in [1.165, 1.54) is 13.2 Å². The summed E-state index contributed by atoms with van der Waals surface area (Å²) in [7, 11) is 0.104. The van der Waals surface area contributed by atoms with Gasteiger partial charge in [0.05, 0.1) is 0 Å². The van der Waals surface area contributed by atoms with E-state index < -0.39 is 10.0 Å². The summed E-state index contributed by atoms with van der Waals surface area (Å²) in [6, 6.07) is 3.69. The number of nitrogens with zero attached hydrogens (tertiary/aromatic N) is 2. The second kappa shape index (κ2) is 5.85. The van der Waals surface area contributed by atoms with Gasteiger partial charge in [-0.25, -0.2) is 18.1 Å². The Balaban J connectivity index is 1.99. The van der Waals surface area contributed by atoms with Gasteiger partial charge in [-0.2, -0.15) is 0 Å². The summed E-state index contributed by atoms with van der Waals surface area (Å²) in [6.45, 7) is 2.15. The first-order valence-electron chi connectivity index (χ1n) is 6.36. The van der Waals surface area contributed by atoms with E-state index in [1.807, 2.05) is 0 Å². The molecule has 19 heavy (non-hydrogen) atoms. The number of anilines is 1. The zero-order valence-electron chi connectivity index (χ0n) is 11.3. The molecule has 1 fully saturated rings. The van der Waals surface area contributed by atoms with E-state index >= 15 is 0 Å². The molecular formula is C12H20N4O2S. The molecule has 0 radical (unpaired) electrons. The van der Waals surface area contributed by atoms with Crippen LogP contribution in [0.5, 0.6) is 0 Å². The van der Waals surface area contributed by atoms with E-state index in [4.69, 9.17) is 0 Å². The molecule has 0 aliphatic carbocycles. The largest absolute Gasteiger partial charge is 0.367 e. The number of aromatic nitrogens is 1. The van der Waals surface area contributed by atoms with Crippen molar-refractivity contribution in [2.75, 3.05) is 32.5 Å². The summed E-state index contributed by atoms with van der Waals surface area (Å²) in [5.41, 5.74) is 0. The van der Waals surface area contributed by atoms with Crippen LogP contribution < -0.4 is 10.0 Å². The molecule has 1 aliphatic rings. The molecule has 7 heteroatoms. The molecular weight excluding hydrogens is 264 g/mol. The fraction of sp³-hybridized carbons (Fsp3) is 0.583. The molecule has 0 bridgehead atoms. The minimum absolute atomic E-state index is 0.184. The van der Waals surface area contributed by atoms with Crippen LogP contribution in [0, 0.1) is 0 Å². The normalized spacial score (nSPS) is 18.4. The number of likely N-dealkylation sites (tertiary alicyclic amines) is 1. The smallest absolute Gasteiger partial charge is 0.241 e. The third-order valence-corrected chi connectivity index (χ3v) is 4.79. The number of rotatable bonds is 4. The number of sulfonamides is 1. The minimum atomic E-state index is -3.40. The second-order valence-corrected chi connectivity index (χ2v) is 6.70. The van der Waals surface area contributed by atoms with E-state index in [-0.39, 0.29) is 4.90 Å². The van der Waals surface area contributed by atoms with Gasteiger partial charge in [0.15, 0.2) is 0 Å². The third-order valence-electron chi connectivity index (χ3n) is 3.39. The summed E-state index contributed by atoms with van der Waals surface area (Å²) in [5.74, 6) is 0.726. The molecule has 1 aliphatic heterocycles. The van der Waals surface area contributed by atoms with Crippen molar-refractivity contribution in [1.29, 1.82) is 0 Å². The van der Waals surface area contributed by atoms with E-state index in [0.717, 1.165) is 31.7 Å². The molecule has 0 saturated carbocycles. The van der Waals surface area contributed by atoms with E-state index in [2.05, 4.69) is 27.0 Å². The highest BCUT2D eigenvalue weighted by Gasteiger charge is 2.17. The van der Waals surface area contributed by atoms with E-state index in [9.17, 15) is 8.42 Å². The highest BCUT2D eigenvalue weighted by Crippen LogP contribution is 2.15. The van der Waals surface area contributed by atoms with Gasteiger partial charge >= 0.3 is 0 Å². The lowest BCUT2D eigenvalue weighted by Gasteiger charge is -2.29. The molecule has 0 amide bonds. The molecule has 0 unspecified atom stereocenters. The maximum atomic E-state index is 11.6. The van der Waals surface area contributed by atoms with Crippen LogP contribution in [0.4, 0.5) is 5.82 Å². The first kappa shape index (κ1) is 14.2. The van der Waals surface area contributed by atoms with Gasteiger partial charge in [0.2, 0.25) is 10.0 Å². The molecule has 1 aromatic heterocycles. The number of hydrogen-bond donors (Lipinski definition) is 2. The van der Waals surface area contributed by atoms with Crippen molar-refractivity contribution in [3.63, 3.8) is 0 Å². The molecule has 6 nitrogen and oxygen atoms in total. The van der Waals surface area contributed by atoms with E-state index in [1.54, 1.807) is 12.1 Å². The lowest BCUT2D eigenvalue weighted by molar-refractivity contribution is 0.263. The van der Waals surface area contributed by atoms with Gasteiger partial charge in [0.25, 0.3) is 0 Å². The standard InChI is InChI=1S/C12H20N4O2S/c1-13-19(17,18)11-3-4-12(14-9-11)15-10-5-7-16(2)8-6-10/h3-4,9-10,13H,5-8H2,1-2H3,(H,14,15). The Morgan fingerprint density at radius 3 is 2.53 bits per heavy atom. The highest BCUT2D eigenvalue weighted by atomic mass is 32.2. The molecule has 0 atom stereocenters. The van der Waals surface area contributed by atoms with Crippen molar-refractivity contribution < 1.29 is 8.42 Å². The predicted octanol–water partition coefficient (Wildman–Crippen LogP) is 0.496. The lowest BCUT2D eigenvalue weighted by atomic mass is 10.1. The van der Waals surface area contributed by atoms with Gasteiger partial charge in [-0.3, -0.25) is 0 Å². The van der Waals surface area contributed by atoms with Crippen molar-refractivity contribution >= 4 is 15.8 Å². The Kier molecular flexibility index (Phi) is 4.38. The lowest BCUT2D eigenvalue weighted by Crippen LogP contribution is -2.36. The molecule has 2 N–H and O–H groups in total. The molecule has 0 spiro atoms. The molecule has 106 valence electrons. The third kappa shape index (κ3) is 3.65. The summed E-state index contributed by atoms with van der Waals surface area (Å²) < 4.78 is 25.4. The second-order valence-electron chi connectivity index (χ2n) is 4.81. The predicted molar refractivity (Wildman–Crippen MR) is 74.6 cm³/mol. The van der Waals surface area contributed by atoms with E-state index in [0.29, 0.717) is 6.04 Å². The average Bonchev–Trinajstić information content (AvgIpc) is 2.42. The van der Waals surface area contributed by atoms with Crippen molar-refractivity contribution in [3.8, 4) is 0 Å². The number of nitrogens with one attached hydrogen (secondary N) is 2. The molecule has 2 heterocycles. The Morgan fingerprint density at radius 1 is 1.32 bits per heavy atom. The molecule has 1 aromatic rings. The van der Waals surface area contributed by atoms with Crippen LogP contribution in [0.25, 0.3) is 0 Å². The van der Waals surface area contributed by atoms with Crippen LogP contribution >= 0.6 is 0 Å². The first-order valence-corrected chi connectivity index (χ1v) is 7.84. The number of piperidine rings is 1. The van der Waals surface area contributed by atoms with Crippen LogP contribution in [0.15, 0.2) is 23.2 Å². The van der Waals surface area contributed by atoms with Crippen LogP contribution in [0.1, 0.15) is 12.8 Å². The maximum absolute atomic E-state index is 11.6. The zero-order chi connectivity index (χ0) is 13.9. The van der Waals surface area contributed by atoms with Crippen LogP contribution in [0.3, 0.4) is 0 Å². The van der Waals surface area contributed by atoms with Gasteiger partial charge in [0.1, 0.15) is 10.7 Å². The first-order chi connectivity index (χ1) is 9.01. The zero-order valence-corrected chi connectivity index (χ0v) is 12.1. The van der Waals surface area contributed by atoms with Crippen molar-refractivity contribution in [2.45, 2.75) is 23.8 Å². The van der Waals surface area contributed by atoms with Gasteiger partial charge in [0, 0.05) is 12.2 Å². The van der Waals surface area contributed by atoms with Crippen LogP contribution in [-0.2, 0) is 10.0 Å². The van der Waals surface area contributed by atoms with Crippen molar-refractivity contribution in [2.24, 2.45) is 0 Å². The van der Waals surface area contributed by atoms with Crippen molar-refractivity contribution in [1.82, 2.24) is 14.6 Å². The van der Waals surface area contributed by atoms with Crippen LogP contribution in [-0.4, -0.2) is 51.5 Å². The van der Waals surface area contributed by atoms with Gasteiger partial charge in [-0.1, -0.05) is 0 Å². The Morgan fingerprint density at radius 2 is 2.00 bits per heavy atom. The fourth-order valence-electron chi connectivity index (χ4n) is 2.10. The topological polar surface area (TPSA) is 74.3 Å². The minimum Gasteiger partial charge on any atom is -0.367 e. The van der Waals surface area contributed by atoms with Gasteiger partial charge < -0.3 is 10.2 Å².